The minimum Gasteiger partial charge on any atom is -0.0885 e. The van der Waals surface area contributed by atoms with Crippen molar-refractivity contribution in [2.24, 2.45) is 0 Å². The monoisotopic (exact) mass is 149 g/mol. The Hall–Kier alpha value is -0.520. The average molecular weight is 149 g/mol. The SMILES string of the molecule is [CH]1C/C=C\CC/C=C\CCC1. The zero-order valence-electron chi connectivity index (χ0n) is 7.13. The van der Waals surface area contributed by atoms with Crippen molar-refractivity contribution in [1.82, 2.24) is 0 Å². The van der Waals surface area contributed by atoms with Crippen molar-refractivity contribution in [3.05, 3.63) is 30.7 Å². The summed E-state index contributed by atoms with van der Waals surface area (Å²) in [5.74, 6) is 0. The molecule has 0 aromatic carbocycles. The summed E-state index contributed by atoms with van der Waals surface area (Å²) in [4.78, 5) is 0. The van der Waals surface area contributed by atoms with Gasteiger partial charge in [0.15, 0.2) is 0 Å². The third-order valence-corrected chi connectivity index (χ3v) is 1.92. The predicted octanol–water partition coefficient (Wildman–Crippen LogP) is 3.66. The Morgan fingerprint density at radius 3 is 2.27 bits per heavy atom. The lowest BCUT2D eigenvalue weighted by Gasteiger charge is -1.92. The average Bonchev–Trinajstić information content (AvgIpc) is 2.08. The van der Waals surface area contributed by atoms with Gasteiger partial charge in [-0.15, -0.1) is 0 Å². The number of allylic oxidation sites excluding steroid dienone is 4. The van der Waals surface area contributed by atoms with Crippen LogP contribution in [-0.2, 0) is 0 Å². The quantitative estimate of drug-likeness (QED) is 0.461. The maximum absolute atomic E-state index is 2.37. The summed E-state index contributed by atoms with van der Waals surface area (Å²) in [5.41, 5.74) is 0. The van der Waals surface area contributed by atoms with Gasteiger partial charge in [0.2, 0.25) is 0 Å². The van der Waals surface area contributed by atoms with Gasteiger partial charge >= 0.3 is 0 Å². The molecule has 1 aliphatic rings. The van der Waals surface area contributed by atoms with Crippen LogP contribution in [0.15, 0.2) is 24.3 Å². The Morgan fingerprint density at radius 1 is 0.636 bits per heavy atom. The topological polar surface area (TPSA) is 0 Å². The van der Waals surface area contributed by atoms with E-state index >= 15 is 0 Å². The Labute approximate surface area is 70.0 Å². The zero-order valence-corrected chi connectivity index (χ0v) is 7.13. The Bertz CT molecular complexity index is 115. The summed E-state index contributed by atoms with van der Waals surface area (Å²) in [6, 6.07) is 0. The van der Waals surface area contributed by atoms with E-state index in [0.717, 1.165) is 0 Å². The molecule has 0 aromatic rings. The number of rotatable bonds is 0. The second-order valence-corrected chi connectivity index (χ2v) is 2.98. The molecule has 0 saturated heterocycles. The standard InChI is InChI=1S/C11H17/c1-2-4-6-8-10-11-9-7-5-3-1/h1-2,5,8,10H,3-4,6-7,9,11H2/b2-1-,10-8-. The highest BCUT2D eigenvalue weighted by Crippen LogP contribution is 2.06. The second-order valence-electron chi connectivity index (χ2n) is 2.98. The summed E-state index contributed by atoms with van der Waals surface area (Å²) < 4.78 is 0. The van der Waals surface area contributed by atoms with Gasteiger partial charge in [0.05, 0.1) is 0 Å². The molecular weight excluding hydrogens is 132 g/mol. The molecule has 0 saturated carbocycles. The van der Waals surface area contributed by atoms with Crippen LogP contribution in [0.5, 0.6) is 0 Å². The summed E-state index contributed by atoms with van der Waals surface area (Å²) in [6.07, 6.45) is 19.0. The van der Waals surface area contributed by atoms with Gasteiger partial charge in [-0.1, -0.05) is 24.3 Å². The fraction of sp³-hybridized carbons (Fsp3) is 0.545. The zero-order chi connectivity index (χ0) is 7.78. The molecule has 0 fully saturated rings. The van der Waals surface area contributed by atoms with Crippen LogP contribution in [0.4, 0.5) is 0 Å². The van der Waals surface area contributed by atoms with Crippen LogP contribution in [0.2, 0.25) is 0 Å². The van der Waals surface area contributed by atoms with Crippen molar-refractivity contribution >= 4 is 0 Å². The van der Waals surface area contributed by atoms with Crippen molar-refractivity contribution in [2.75, 3.05) is 0 Å². The van der Waals surface area contributed by atoms with Gasteiger partial charge in [-0.2, -0.15) is 0 Å². The normalized spacial score (nSPS) is 26.9. The van der Waals surface area contributed by atoms with Crippen LogP contribution in [-0.4, -0.2) is 0 Å². The van der Waals surface area contributed by atoms with E-state index in [1.807, 2.05) is 0 Å². The van der Waals surface area contributed by atoms with Crippen LogP contribution < -0.4 is 0 Å². The Kier molecular flexibility index (Phi) is 4.84. The van der Waals surface area contributed by atoms with Gasteiger partial charge in [-0.05, 0) is 44.9 Å². The molecule has 1 radical (unpaired) electrons. The van der Waals surface area contributed by atoms with E-state index in [4.69, 9.17) is 0 Å². The van der Waals surface area contributed by atoms with Crippen LogP contribution >= 0.6 is 0 Å². The smallest absolute Gasteiger partial charge is 0.0316 e. The fourth-order valence-electron chi connectivity index (χ4n) is 1.24. The number of hydrogen-bond donors (Lipinski definition) is 0. The first-order chi connectivity index (χ1) is 5.50. The molecule has 0 N–H and O–H groups in total. The fourth-order valence-corrected chi connectivity index (χ4v) is 1.24. The molecule has 0 nitrogen and oxygen atoms in total. The van der Waals surface area contributed by atoms with E-state index in [2.05, 4.69) is 30.7 Å². The van der Waals surface area contributed by atoms with Gasteiger partial charge < -0.3 is 0 Å². The second kappa shape index (κ2) is 6.21. The minimum absolute atomic E-state index is 1.17. The highest BCUT2D eigenvalue weighted by molar-refractivity contribution is 4.92. The lowest BCUT2D eigenvalue weighted by atomic mass is 10.1. The van der Waals surface area contributed by atoms with E-state index in [9.17, 15) is 0 Å². The predicted molar refractivity (Wildman–Crippen MR) is 50.3 cm³/mol. The van der Waals surface area contributed by atoms with Gasteiger partial charge in [0, 0.05) is 0 Å². The van der Waals surface area contributed by atoms with E-state index in [0.29, 0.717) is 0 Å². The van der Waals surface area contributed by atoms with Crippen molar-refractivity contribution < 1.29 is 0 Å². The van der Waals surface area contributed by atoms with E-state index in [-0.39, 0.29) is 0 Å². The molecule has 0 unspecified atom stereocenters. The van der Waals surface area contributed by atoms with Gasteiger partial charge in [0.1, 0.15) is 0 Å². The summed E-state index contributed by atoms with van der Waals surface area (Å²) >= 11 is 0. The Balaban J connectivity index is 2.22. The molecule has 0 atom stereocenters. The molecular formula is C11H17. The first kappa shape index (κ1) is 8.58. The van der Waals surface area contributed by atoms with Crippen LogP contribution in [0.1, 0.15) is 38.5 Å². The minimum atomic E-state index is 1.17. The molecule has 0 heterocycles. The molecule has 0 amide bonds. The maximum atomic E-state index is 2.37. The van der Waals surface area contributed by atoms with Gasteiger partial charge in [-0.3, -0.25) is 0 Å². The highest BCUT2D eigenvalue weighted by Gasteiger charge is 1.87. The van der Waals surface area contributed by atoms with Crippen molar-refractivity contribution in [1.29, 1.82) is 0 Å². The number of hydrogen-bond acceptors (Lipinski definition) is 0. The van der Waals surface area contributed by atoms with E-state index in [1.165, 1.54) is 38.5 Å². The van der Waals surface area contributed by atoms with Crippen molar-refractivity contribution in [2.45, 2.75) is 38.5 Å². The van der Waals surface area contributed by atoms with Gasteiger partial charge in [-0.25, -0.2) is 0 Å². The van der Waals surface area contributed by atoms with E-state index < -0.39 is 0 Å². The molecule has 1 rings (SSSR count). The van der Waals surface area contributed by atoms with E-state index in [1.54, 1.807) is 0 Å². The lowest BCUT2D eigenvalue weighted by molar-refractivity contribution is 0.811. The van der Waals surface area contributed by atoms with Crippen molar-refractivity contribution in [3.8, 4) is 0 Å². The lowest BCUT2D eigenvalue weighted by Crippen LogP contribution is -1.74. The molecule has 0 bridgehead atoms. The molecule has 0 aromatic heterocycles. The van der Waals surface area contributed by atoms with Crippen molar-refractivity contribution in [3.63, 3.8) is 0 Å². The molecule has 61 valence electrons. The van der Waals surface area contributed by atoms with Crippen LogP contribution in [0.3, 0.4) is 0 Å². The van der Waals surface area contributed by atoms with Crippen LogP contribution in [0.25, 0.3) is 0 Å². The maximum Gasteiger partial charge on any atom is -0.0316 e. The Morgan fingerprint density at radius 2 is 1.36 bits per heavy atom. The molecule has 0 spiro atoms. The molecule has 11 heavy (non-hydrogen) atoms. The molecule has 1 aliphatic carbocycles. The first-order valence-corrected chi connectivity index (χ1v) is 4.62. The third kappa shape index (κ3) is 4.83. The summed E-state index contributed by atoms with van der Waals surface area (Å²) in [5, 5.41) is 0. The first-order valence-electron chi connectivity index (χ1n) is 4.62. The van der Waals surface area contributed by atoms with Crippen LogP contribution in [0, 0.1) is 6.42 Å². The molecule has 0 aliphatic heterocycles. The molecule has 0 heteroatoms. The largest absolute Gasteiger partial charge is 0.0885 e. The van der Waals surface area contributed by atoms with Gasteiger partial charge in [0.25, 0.3) is 0 Å². The summed E-state index contributed by atoms with van der Waals surface area (Å²) in [7, 11) is 0. The third-order valence-electron chi connectivity index (χ3n) is 1.92. The highest BCUT2D eigenvalue weighted by atomic mass is 13.9. The summed E-state index contributed by atoms with van der Waals surface area (Å²) in [6.45, 7) is 0.